The standard InChI is InChI=1S/C17H11ClOS/c18-13-8-5-12(6-9-13)7-10-16(19)15-11-20-17-4-2-1-3-14(15)17/h1-11H/b10-7-. The minimum atomic E-state index is 0.0254. The summed E-state index contributed by atoms with van der Waals surface area (Å²) < 4.78 is 1.13. The highest BCUT2D eigenvalue weighted by Crippen LogP contribution is 2.26. The van der Waals surface area contributed by atoms with Crippen molar-refractivity contribution in [3.63, 3.8) is 0 Å². The molecule has 2 aromatic carbocycles. The Labute approximate surface area is 126 Å². The van der Waals surface area contributed by atoms with Crippen molar-refractivity contribution in [2.45, 2.75) is 0 Å². The van der Waals surface area contributed by atoms with E-state index in [-0.39, 0.29) is 5.78 Å². The third-order valence-corrected chi connectivity index (χ3v) is 4.26. The first-order chi connectivity index (χ1) is 9.74. The molecule has 1 nitrogen and oxygen atoms in total. The van der Waals surface area contributed by atoms with Gasteiger partial charge < -0.3 is 0 Å². The van der Waals surface area contributed by atoms with Crippen LogP contribution in [0.1, 0.15) is 15.9 Å². The van der Waals surface area contributed by atoms with Crippen molar-refractivity contribution in [3.05, 3.63) is 76.1 Å². The highest BCUT2D eigenvalue weighted by atomic mass is 35.5. The maximum Gasteiger partial charge on any atom is 0.187 e. The molecule has 0 atom stereocenters. The number of hydrogen-bond donors (Lipinski definition) is 0. The van der Waals surface area contributed by atoms with E-state index in [2.05, 4.69) is 0 Å². The summed E-state index contributed by atoms with van der Waals surface area (Å²) in [6.07, 6.45) is 3.42. The molecule has 3 aromatic rings. The number of carbonyl (C=O) groups excluding carboxylic acids is 1. The van der Waals surface area contributed by atoms with E-state index >= 15 is 0 Å². The van der Waals surface area contributed by atoms with E-state index in [1.54, 1.807) is 17.4 Å². The van der Waals surface area contributed by atoms with Crippen LogP contribution in [0.15, 0.2) is 60.0 Å². The highest BCUT2D eigenvalue weighted by Gasteiger charge is 2.08. The summed E-state index contributed by atoms with van der Waals surface area (Å²) in [6.45, 7) is 0. The summed E-state index contributed by atoms with van der Waals surface area (Å²) in [5, 5.41) is 3.62. The van der Waals surface area contributed by atoms with Crippen LogP contribution in [0.5, 0.6) is 0 Å². The number of benzene rings is 2. The Morgan fingerprint density at radius 1 is 1.05 bits per heavy atom. The van der Waals surface area contributed by atoms with E-state index in [0.29, 0.717) is 5.02 Å². The summed E-state index contributed by atoms with van der Waals surface area (Å²) in [5.74, 6) is 0.0254. The summed E-state index contributed by atoms with van der Waals surface area (Å²) in [7, 11) is 0. The normalized spacial score (nSPS) is 11.2. The number of hydrogen-bond acceptors (Lipinski definition) is 2. The van der Waals surface area contributed by atoms with Gasteiger partial charge in [-0.3, -0.25) is 4.79 Å². The number of allylic oxidation sites excluding steroid dienone is 1. The van der Waals surface area contributed by atoms with Crippen LogP contribution in [-0.2, 0) is 0 Å². The van der Waals surface area contributed by atoms with Crippen molar-refractivity contribution < 1.29 is 4.79 Å². The van der Waals surface area contributed by atoms with Gasteiger partial charge in [-0.25, -0.2) is 0 Å². The zero-order valence-electron chi connectivity index (χ0n) is 10.5. The Morgan fingerprint density at radius 2 is 1.80 bits per heavy atom. The molecule has 98 valence electrons. The number of ketones is 1. The van der Waals surface area contributed by atoms with Crippen LogP contribution in [0, 0.1) is 0 Å². The van der Waals surface area contributed by atoms with Crippen molar-refractivity contribution >= 4 is 44.9 Å². The van der Waals surface area contributed by atoms with Crippen molar-refractivity contribution in [2.75, 3.05) is 0 Å². The molecule has 0 aliphatic carbocycles. The fourth-order valence-corrected chi connectivity index (χ4v) is 3.08. The number of carbonyl (C=O) groups is 1. The average Bonchev–Trinajstić information content (AvgIpc) is 2.90. The Balaban J connectivity index is 1.87. The fourth-order valence-electron chi connectivity index (χ4n) is 2.00. The monoisotopic (exact) mass is 298 g/mol. The van der Waals surface area contributed by atoms with Gasteiger partial charge in [-0.2, -0.15) is 0 Å². The number of fused-ring (bicyclic) bond motifs is 1. The van der Waals surface area contributed by atoms with Gasteiger partial charge in [0.05, 0.1) is 0 Å². The van der Waals surface area contributed by atoms with Crippen molar-refractivity contribution in [2.24, 2.45) is 0 Å². The maximum absolute atomic E-state index is 12.3. The molecule has 0 unspecified atom stereocenters. The van der Waals surface area contributed by atoms with Crippen molar-refractivity contribution in [1.82, 2.24) is 0 Å². The average molecular weight is 299 g/mol. The van der Waals surface area contributed by atoms with Gasteiger partial charge in [0.2, 0.25) is 0 Å². The second-order valence-corrected chi connectivity index (χ2v) is 5.74. The second-order valence-electron chi connectivity index (χ2n) is 4.39. The molecule has 0 amide bonds. The van der Waals surface area contributed by atoms with E-state index in [1.807, 2.05) is 60.0 Å². The van der Waals surface area contributed by atoms with Gasteiger partial charge in [0.15, 0.2) is 5.78 Å². The zero-order chi connectivity index (χ0) is 13.9. The smallest absolute Gasteiger partial charge is 0.187 e. The first kappa shape index (κ1) is 13.1. The molecule has 0 N–H and O–H groups in total. The zero-order valence-corrected chi connectivity index (χ0v) is 12.1. The van der Waals surface area contributed by atoms with Crippen LogP contribution >= 0.6 is 22.9 Å². The molecule has 0 fully saturated rings. The quantitative estimate of drug-likeness (QED) is 0.464. The fraction of sp³-hybridized carbons (Fsp3) is 0. The predicted octanol–water partition coefficient (Wildman–Crippen LogP) is 5.45. The first-order valence-electron chi connectivity index (χ1n) is 6.18. The number of halogens is 1. The Bertz CT molecular complexity index is 784. The first-order valence-corrected chi connectivity index (χ1v) is 7.44. The van der Waals surface area contributed by atoms with Gasteiger partial charge in [0.25, 0.3) is 0 Å². The van der Waals surface area contributed by atoms with Crippen molar-refractivity contribution in [3.8, 4) is 0 Å². The van der Waals surface area contributed by atoms with Gasteiger partial charge in [0.1, 0.15) is 0 Å². The molecule has 3 heteroatoms. The van der Waals surface area contributed by atoms with Crippen LogP contribution in [-0.4, -0.2) is 5.78 Å². The molecule has 0 aliphatic rings. The van der Waals surface area contributed by atoms with E-state index < -0.39 is 0 Å². The third-order valence-electron chi connectivity index (χ3n) is 3.04. The van der Waals surface area contributed by atoms with Crippen LogP contribution < -0.4 is 0 Å². The summed E-state index contributed by atoms with van der Waals surface area (Å²) in [6, 6.07) is 15.3. The lowest BCUT2D eigenvalue weighted by Crippen LogP contribution is -1.91. The second kappa shape index (κ2) is 5.61. The molecule has 0 saturated carbocycles. The minimum absolute atomic E-state index is 0.0254. The van der Waals surface area contributed by atoms with Crippen molar-refractivity contribution in [1.29, 1.82) is 0 Å². The number of thiophene rings is 1. The molecular formula is C17H11ClOS. The van der Waals surface area contributed by atoms with Gasteiger partial charge in [-0.05, 0) is 29.8 Å². The van der Waals surface area contributed by atoms with Crippen LogP contribution in [0.3, 0.4) is 0 Å². The van der Waals surface area contributed by atoms with E-state index in [4.69, 9.17) is 11.6 Å². The maximum atomic E-state index is 12.3. The Hall–Kier alpha value is -1.90. The Kier molecular flexibility index (Phi) is 3.68. The van der Waals surface area contributed by atoms with Crippen LogP contribution in [0.4, 0.5) is 0 Å². The van der Waals surface area contributed by atoms with E-state index in [9.17, 15) is 4.79 Å². The summed E-state index contributed by atoms with van der Waals surface area (Å²) in [5.41, 5.74) is 1.72. The lowest BCUT2D eigenvalue weighted by molar-refractivity contribution is 0.104. The SMILES string of the molecule is O=C(/C=C\c1ccc(Cl)cc1)c1csc2ccccc12. The van der Waals surface area contributed by atoms with Gasteiger partial charge in [0, 0.05) is 26.1 Å². The van der Waals surface area contributed by atoms with Gasteiger partial charge >= 0.3 is 0 Å². The molecule has 0 saturated heterocycles. The van der Waals surface area contributed by atoms with Gasteiger partial charge in [-0.1, -0.05) is 48.0 Å². The highest BCUT2D eigenvalue weighted by molar-refractivity contribution is 7.17. The predicted molar refractivity (Wildman–Crippen MR) is 86.6 cm³/mol. The molecule has 0 bridgehead atoms. The van der Waals surface area contributed by atoms with Gasteiger partial charge in [-0.15, -0.1) is 11.3 Å². The largest absolute Gasteiger partial charge is 0.289 e. The molecule has 1 heterocycles. The summed E-state index contributed by atoms with van der Waals surface area (Å²) in [4.78, 5) is 12.3. The molecule has 3 rings (SSSR count). The Morgan fingerprint density at radius 3 is 2.60 bits per heavy atom. The lowest BCUT2D eigenvalue weighted by atomic mass is 10.1. The topological polar surface area (TPSA) is 17.1 Å². The van der Waals surface area contributed by atoms with E-state index in [1.165, 1.54) is 0 Å². The van der Waals surface area contributed by atoms with Crippen LogP contribution in [0.2, 0.25) is 5.02 Å². The minimum Gasteiger partial charge on any atom is -0.289 e. The molecular weight excluding hydrogens is 288 g/mol. The van der Waals surface area contributed by atoms with E-state index in [0.717, 1.165) is 21.2 Å². The third kappa shape index (κ3) is 2.67. The molecule has 0 aliphatic heterocycles. The number of rotatable bonds is 3. The molecule has 0 radical (unpaired) electrons. The lowest BCUT2D eigenvalue weighted by Gasteiger charge is -1.95. The van der Waals surface area contributed by atoms with Crippen LogP contribution in [0.25, 0.3) is 16.2 Å². The molecule has 20 heavy (non-hydrogen) atoms. The molecule has 1 aromatic heterocycles. The molecule has 0 spiro atoms. The summed E-state index contributed by atoms with van der Waals surface area (Å²) >= 11 is 7.43.